The van der Waals surface area contributed by atoms with E-state index in [1.807, 2.05) is 30.3 Å². The van der Waals surface area contributed by atoms with Crippen molar-refractivity contribution in [3.63, 3.8) is 0 Å². The summed E-state index contributed by atoms with van der Waals surface area (Å²) in [6, 6.07) is 12.4. The number of anilines is 1. The van der Waals surface area contributed by atoms with Gasteiger partial charge in [-0.3, -0.25) is 0 Å². The van der Waals surface area contributed by atoms with E-state index >= 15 is 0 Å². The summed E-state index contributed by atoms with van der Waals surface area (Å²) in [5, 5.41) is 10.7. The number of aromatic nitrogens is 1. The van der Waals surface area contributed by atoms with Gasteiger partial charge in [-0.05, 0) is 59.5 Å². The van der Waals surface area contributed by atoms with Crippen LogP contribution in [0.15, 0.2) is 46.9 Å². The molecule has 1 fully saturated rings. The van der Waals surface area contributed by atoms with Gasteiger partial charge in [0.2, 0.25) is 0 Å². The van der Waals surface area contributed by atoms with Crippen LogP contribution in [0.3, 0.4) is 0 Å². The lowest BCUT2D eigenvalue weighted by atomic mass is 10.1. The van der Waals surface area contributed by atoms with Gasteiger partial charge in [0, 0.05) is 24.2 Å². The standard InChI is InChI=1S/C20H18BrFN2O2/c21-17-14(22)9-10-15-16(17)18(23-11-5-2-6-12-23)19(20(25)26)24(15)13-7-3-1-4-8-13/h1,3-4,7-10H,2,5-6,11-12H2,(H,25,26). The van der Waals surface area contributed by atoms with Gasteiger partial charge in [-0.1, -0.05) is 18.2 Å². The molecule has 1 N–H and O–H groups in total. The molecule has 2 aromatic carbocycles. The predicted octanol–water partition coefficient (Wildman–Crippen LogP) is 5.22. The summed E-state index contributed by atoms with van der Waals surface area (Å²) in [5.41, 5.74) is 2.21. The van der Waals surface area contributed by atoms with Crippen molar-refractivity contribution in [2.75, 3.05) is 18.0 Å². The Balaban J connectivity index is 2.12. The van der Waals surface area contributed by atoms with Crippen LogP contribution in [0.1, 0.15) is 29.8 Å². The number of para-hydroxylation sites is 1. The largest absolute Gasteiger partial charge is 0.476 e. The fourth-order valence-electron chi connectivity index (χ4n) is 3.76. The highest BCUT2D eigenvalue weighted by atomic mass is 79.9. The van der Waals surface area contributed by atoms with Crippen molar-refractivity contribution >= 4 is 38.5 Å². The molecular weight excluding hydrogens is 399 g/mol. The van der Waals surface area contributed by atoms with Crippen molar-refractivity contribution < 1.29 is 14.3 Å². The first kappa shape index (κ1) is 17.1. The molecule has 6 heteroatoms. The normalized spacial score (nSPS) is 14.8. The van der Waals surface area contributed by atoms with Gasteiger partial charge in [-0.25, -0.2) is 9.18 Å². The molecule has 1 aliphatic heterocycles. The third kappa shape index (κ3) is 2.69. The van der Waals surface area contributed by atoms with Crippen molar-refractivity contribution in [3.8, 4) is 5.69 Å². The van der Waals surface area contributed by atoms with E-state index in [0.717, 1.165) is 38.0 Å². The summed E-state index contributed by atoms with van der Waals surface area (Å²) < 4.78 is 16.3. The third-order valence-corrected chi connectivity index (χ3v) is 5.66. The summed E-state index contributed by atoms with van der Waals surface area (Å²) in [5.74, 6) is -1.41. The Morgan fingerprint density at radius 3 is 2.38 bits per heavy atom. The maximum Gasteiger partial charge on any atom is 0.355 e. The quantitative estimate of drug-likeness (QED) is 0.636. The molecule has 0 bridgehead atoms. The summed E-state index contributed by atoms with van der Waals surface area (Å²) in [4.78, 5) is 14.4. The van der Waals surface area contributed by atoms with Crippen molar-refractivity contribution in [1.29, 1.82) is 0 Å². The van der Waals surface area contributed by atoms with Crippen LogP contribution < -0.4 is 4.90 Å². The number of carbonyl (C=O) groups is 1. The van der Waals surface area contributed by atoms with Gasteiger partial charge in [0.1, 0.15) is 5.82 Å². The molecule has 0 aliphatic carbocycles. The highest BCUT2D eigenvalue weighted by Gasteiger charge is 2.30. The monoisotopic (exact) mass is 416 g/mol. The SMILES string of the molecule is O=C(O)c1c(N2CCCCC2)c2c(Br)c(F)ccc2n1-c1ccccc1. The highest BCUT2D eigenvalue weighted by molar-refractivity contribution is 9.10. The average molecular weight is 417 g/mol. The molecular formula is C20H18BrFN2O2. The molecule has 1 aliphatic rings. The Hall–Kier alpha value is -2.34. The highest BCUT2D eigenvalue weighted by Crippen LogP contribution is 2.42. The number of halogens is 2. The second kappa shape index (κ2) is 6.76. The van der Waals surface area contributed by atoms with Crippen LogP contribution in [-0.2, 0) is 0 Å². The van der Waals surface area contributed by atoms with Crippen LogP contribution in [0, 0.1) is 5.82 Å². The van der Waals surface area contributed by atoms with Crippen LogP contribution in [0.4, 0.5) is 10.1 Å². The number of piperidine rings is 1. The molecule has 0 atom stereocenters. The van der Waals surface area contributed by atoms with Crippen molar-refractivity contribution in [1.82, 2.24) is 4.57 Å². The van der Waals surface area contributed by atoms with Crippen LogP contribution in [-0.4, -0.2) is 28.7 Å². The Bertz CT molecular complexity index is 979. The van der Waals surface area contributed by atoms with Gasteiger partial charge in [-0.2, -0.15) is 0 Å². The minimum absolute atomic E-state index is 0.180. The number of hydrogen-bond acceptors (Lipinski definition) is 2. The molecule has 4 nitrogen and oxygen atoms in total. The number of carboxylic acids is 1. The van der Waals surface area contributed by atoms with Gasteiger partial charge in [0.05, 0.1) is 15.7 Å². The molecule has 1 saturated heterocycles. The number of nitrogens with zero attached hydrogens (tertiary/aromatic N) is 2. The van der Waals surface area contributed by atoms with E-state index in [9.17, 15) is 14.3 Å². The van der Waals surface area contributed by atoms with E-state index in [4.69, 9.17) is 0 Å². The second-order valence-corrected chi connectivity index (χ2v) is 7.27. The lowest BCUT2D eigenvalue weighted by Gasteiger charge is -2.29. The molecule has 2 heterocycles. The molecule has 0 spiro atoms. The van der Waals surface area contributed by atoms with E-state index in [1.165, 1.54) is 6.07 Å². The van der Waals surface area contributed by atoms with Crippen LogP contribution >= 0.6 is 15.9 Å². The Morgan fingerprint density at radius 1 is 1.04 bits per heavy atom. The second-order valence-electron chi connectivity index (χ2n) is 6.48. The van der Waals surface area contributed by atoms with E-state index in [-0.39, 0.29) is 5.69 Å². The van der Waals surface area contributed by atoms with Gasteiger partial charge < -0.3 is 14.6 Å². The van der Waals surface area contributed by atoms with Gasteiger partial charge in [-0.15, -0.1) is 0 Å². The fraction of sp³-hybridized carbons (Fsp3) is 0.250. The van der Waals surface area contributed by atoms with Gasteiger partial charge in [0.15, 0.2) is 5.69 Å². The zero-order chi connectivity index (χ0) is 18.3. The van der Waals surface area contributed by atoms with Crippen LogP contribution in [0.25, 0.3) is 16.6 Å². The number of rotatable bonds is 3. The summed E-state index contributed by atoms with van der Waals surface area (Å²) in [6.07, 6.45) is 3.14. The molecule has 134 valence electrons. The predicted molar refractivity (Wildman–Crippen MR) is 104 cm³/mol. The molecule has 0 unspecified atom stereocenters. The van der Waals surface area contributed by atoms with Gasteiger partial charge in [0.25, 0.3) is 0 Å². The summed E-state index contributed by atoms with van der Waals surface area (Å²) in [6.45, 7) is 1.55. The molecule has 1 aromatic heterocycles. The lowest BCUT2D eigenvalue weighted by molar-refractivity contribution is 0.0689. The minimum Gasteiger partial charge on any atom is -0.476 e. The van der Waals surface area contributed by atoms with Gasteiger partial charge >= 0.3 is 5.97 Å². The minimum atomic E-state index is -1.02. The maximum atomic E-state index is 14.3. The first-order valence-electron chi connectivity index (χ1n) is 8.65. The fourth-order valence-corrected chi connectivity index (χ4v) is 4.29. The topological polar surface area (TPSA) is 45.5 Å². The van der Waals surface area contributed by atoms with Crippen molar-refractivity contribution in [2.45, 2.75) is 19.3 Å². The molecule has 26 heavy (non-hydrogen) atoms. The van der Waals surface area contributed by atoms with Crippen LogP contribution in [0.5, 0.6) is 0 Å². The number of carboxylic acid groups (broad SMARTS) is 1. The number of fused-ring (bicyclic) bond motifs is 1. The number of benzene rings is 2. The summed E-state index contributed by atoms with van der Waals surface area (Å²) >= 11 is 3.36. The zero-order valence-corrected chi connectivity index (χ0v) is 15.7. The van der Waals surface area contributed by atoms with E-state index in [2.05, 4.69) is 20.8 Å². The summed E-state index contributed by atoms with van der Waals surface area (Å²) in [7, 11) is 0. The first-order chi connectivity index (χ1) is 12.6. The lowest BCUT2D eigenvalue weighted by Crippen LogP contribution is -2.30. The van der Waals surface area contributed by atoms with E-state index < -0.39 is 11.8 Å². The molecule has 4 rings (SSSR count). The molecule has 0 radical (unpaired) electrons. The number of hydrogen-bond donors (Lipinski definition) is 1. The number of aromatic carboxylic acids is 1. The van der Waals surface area contributed by atoms with Crippen LogP contribution in [0.2, 0.25) is 0 Å². The third-order valence-electron chi connectivity index (χ3n) is 4.89. The molecule has 0 saturated carbocycles. The van der Waals surface area contributed by atoms with E-state index in [1.54, 1.807) is 10.6 Å². The Morgan fingerprint density at radius 2 is 1.73 bits per heavy atom. The molecule has 3 aromatic rings. The zero-order valence-electron chi connectivity index (χ0n) is 14.1. The Kier molecular flexibility index (Phi) is 4.44. The molecule has 0 amide bonds. The smallest absolute Gasteiger partial charge is 0.355 e. The van der Waals surface area contributed by atoms with Crippen molar-refractivity contribution in [3.05, 3.63) is 58.4 Å². The Labute approximate surface area is 159 Å². The first-order valence-corrected chi connectivity index (χ1v) is 9.45. The van der Waals surface area contributed by atoms with Crippen molar-refractivity contribution in [2.24, 2.45) is 0 Å². The van der Waals surface area contributed by atoms with E-state index in [0.29, 0.717) is 21.1 Å². The maximum absolute atomic E-state index is 14.3. The average Bonchev–Trinajstić information content (AvgIpc) is 3.02.